The van der Waals surface area contributed by atoms with Gasteiger partial charge in [0, 0.05) is 17.2 Å². The molecule has 4 heteroatoms. The molecule has 0 aliphatic rings. The van der Waals surface area contributed by atoms with Gasteiger partial charge in [0.05, 0.1) is 0 Å². The van der Waals surface area contributed by atoms with Crippen molar-refractivity contribution in [1.29, 1.82) is 0 Å². The predicted molar refractivity (Wildman–Crippen MR) is 53.2 cm³/mol. The molecule has 1 rings (SSSR count). The summed E-state index contributed by atoms with van der Waals surface area (Å²) in [4.78, 5) is 0. The third-order valence-electron chi connectivity index (χ3n) is 2.27. The lowest BCUT2D eigenvalue weighted by Gasteiger charge is -2.13. The van der Waals surface area contributed by atoms with Crippen LogP contribution in [0.1, 0.15) is 43.4 Å². The van der Waals surface area contributed by atoms with E-state index in [2.05, 4.69) is 0 Å². The molecule has 2 N–H and O–H groups in total. The van der Waals surface area contributed by atoms with E-state index in [9.17, 15) is 13.2 Å². The van der Waals surface area contributed by atoms with E-state index in [1.54, 1.807) is 0 Å². The second-order valence-electron chi connectivity index (χ2n) is 3.48. The summed E-state index contributed by atoms with van der Waals surface area (Å²) in [5.41, 5.74) is 5.68. The number of alkyl halides is 2. The van der Waals surface area contributed by atoms with Crippen LogP contribution in [-0.4, -0.2) is 0 Å². The van der Waals surface area contributed by atoms with Crippen molar-refractivity contribution in [2.75, 3.05) is 0 Å². The van der Waals surface area contributed by atoms with Crippen molar-refractivity contribution in [1.82, 2.24) is 0 Å². The normalized spacial score (nSPS) is 13.2. The summed E-state index contributed by atoms with van der Waals surface area (Å²) in [6.45, 7) is 1.91. The lowest BCUT2D eigenvalue weighted by molar-refractivity contribution is 0.151. The van der Waals surface area contributed by atoms with Gasteiger partial charge in [0.2, 0.25) is 0 Å². The maximum absolute atomic E-state index is 13.3. The zero-order valence-corrected chi connectivity index (χ0v) is 8.51. The van der Waals surface area contributed by atoms with Crippen LogP contribution in [0.15, 0.2) is 18.2 Å². The smallest absolute Gasteiger partial charge is 0.263 e. The average Bonchev–Trinajstić information content (AvgIpc) is 2.18. The molecule has 15 heavy (non-hydrogen) atoms. The van der Waals surface area contributed by atoms with E-state index in [4.69, 9.17) is 5.73 Å². The first-order valence-electron chi connectivity index (χ1n) is 4.89. The number of hydrogen-bond acceptors (Lipinski definition) is 1. The molecule has 1 aromatic carbocycles. The Balaban J connectivity index is 2.99. The summed E-state index contributed by atoms with van der Waals surface area (Å²) in [5, 5.41) is 0. The molecule has 0 aliphatic heterocycles. The molecule has 0 aliphatic carbocycles. The van der Waals surface area contributed by atoms with Crippen LogP contribution in [0.25, 0.3) is 0 Å². The SMILES string of the molecule is CCCC(N)c1cc(C(F)F)ccc1F. The monoisotopic (exact) mass is 217 g/mol. The Hall–Kier alpha value is -1.03. The van der Waals surface area contributed by atoms with Crippen LogP contribution < -0.4 is 5.73 Å². The van der Waals surface area contributed by atoms with E-state index in [0.717, 1.165) is 24.6 Å². The van der Waals surface area contributed by atoms with Crippen LogP contribution in [0.4, 0.5) is 13.2 Å². The van der Waals surface area contributed by atoms with Crippen LogP contribution in [0, 0.1) is 5.82 Å². The van der Waals surface area contributed by atoms with Crippen molar-refractivity contribution >= 4 is 0 Å². The molecule has 84 valence electrons. The first-order chi connectivity index (χ1) is 7.06. The Bertz CT molecular complexity index is 326. The van der Waals surface area contributed by atoms with Gasteiger partial charge in [0.1, 0.15) is 5.82 Å². The molecular formula is C11H14F3N. The van der Waals surface area contributed by atoms with E-state index in [0.29, 0.717) is 6.42 Å². The highest BCUT2D eigenvalue weighted by Crippen LogP contribution is 2.25. The van der Waals surface area contributed by atoms with Gasteiger partial charge in [-0.1, -0.05) is 19.4 Å². The number of nitrogens with two attached hydrogens (primary N) is 1. The molecule has 1 atom stereocenters. The second kappa shape index (κ2) is 5.16. The van der Waals surface area contributed by atoms with Crippen LogP contribution in [-0.2, 0) is 0 Å². The van der Waals surface area contributed by atoms with E-state index in [1.165, 1.54) is 0 Å². The molecule has 0 radical (unpaired) electrons. The summed E-state index contributed by atoms with van der Waals surface area (Å²) < 4.78 is 38.0. The molecular weight excluding hydrogens is 203 g/mol. The first-order valence-corrected chi connectivity index (χ1v) is 4.89. The van der Waals surface area contributed by atoms with Crippen molar-refractivity contribution in [2.24, 2.45) is 5.73 Å². The number of rotatable bonds is 4. The van der Waals surface area contributed by atoms with E-state index < -0.39 is 18.3 Å². The largest absolute Gasteiger partial charge is 0.324 e. The van der Waals surface area contributed by atoms with Gasteiger partial charge in [-0.2, -0.15) is 0 Å². The average molecular weight is 217 g/mol. The van der Waals surface area contributed by atoms with Crippen molar-refractivity contribution in [3.8, 4) is 0 Å². The standard InChI is InChI=1S/C11H14F3N/c1-2-3-10(15)8-6-7(11(13)14)4-5-9(8)12/h4-6,10-11H,2-3,15H2,1H3. The van der Waals surface area contributed by atoms with E-state index in [1.807, 2.05) is 6.92 Å². The number of halogens is 3. The van der Waals surface area contributed by atoms with Crippen molar-refractivity contribution in [3.63, 3.8) is 0 Å². The Labute approximate surface area is 87.1 Å². The number of hydrogen-bond donors (Lipinski definition) is 1. The van der Waals surface area contributed by atoms with Gasteiger partial charge in [-0.05, 0) is 18.6 Å². The minimum absolute atomic E-state index is 0.176. The highest BCUT2D eigenvalue weighted by atomic mass is 19.3. The van der Waals surface area contributed by atoms with Gasteiger partial charge in [0.25, 0.3) is 6.43 Å². The predicted octanol–water partition coefficient (Wildman–Crippen LogP) is 3.56. The minimum Gasteiger partial charge on any atom is -0.324 e. The van der Waals surface area contributed by atoms with Crippen LogP contribution in [0.2, 0.25) is 0 Å². The Morgan fingerprint density at radius 3 is 2.53 bits per heavy atom. The van der Waals surface area contributed by atoms with Gasteiger partial charge < -0.3 is 5.73 Å². The highest BCUT2D eigenvalue weighted by Gasteiger charge is 2.14. The van der Waals surface area contributed by atoms with Gasteiger partial charge in [-0.3, -0.25) is 0 Å². The fraction of sp³-hybridized carbons (Fsp3) is 0.455. The quantitative estimate of drug-likeness (QED) is 0.819. The molecule has 0 aromatic heterocycles. The zero-order valence-electron chi connectivity index (χ0n) is 8.51. The van der Waals surface area contributed by atoms with Crippen molar-refractivity contribution < 1.29 is 13.2 Å². The highest BCUT2D eigenvalue weighted by molar-refractivity contribution is 5.28. The fourth-order valence-corrected chi connectivity index (χ4v) is 1.45. The molecule has 0 amide bonds. The summed E-state index contributed by atoms with van der Waals surface area (Å²) >= 11 is 0. The third kappa shape index (κ3) is 2.96. The van der Waals surface area contributed by atoms with Gasteiger partial charge in [-0.15, -0.1) is 0 Å². The van der Waals surface area contributed by atoms with Crippen LogP contribution in [0.5, 0.6) is 0 Å². The van der Waals surface area contributed by atoms with E-state index >= 15 is 0 Å². The first kappa shape index (κ1) is 12.0. The molecule has 1 aromatic rings. The van der Waals surface area contributed by atoms with Gasteiger partial charge >= 0.3 is 0 Å². The lowest BCUT2D eigenvalue weighted by atomic mass is 10.0. The third-order valence-corrected chi connectivity index (χ3v) is 2.27. The fourth-order valence-electron chi connectivity index (χ4n) is 1.45. The molecule has 0 saturated heterocycles. The van der Waals surface area contributed by atoms with Crippen LogP contribution >= 0.6 is 0 Å². The molecule has 0 fully saturated rings. The van der Waals surface area contributed by atoms with Gasteiger partial charge in [0.15, 0.2) is 0 Å². The van der Waals surface area contributed by atoms with Crippen molar-refractivity contribution in [2.45, 2.75) is 32.2 Å². The lowest BCUT2D eigenvalue weighted by Crippen LogP contribution is -2.12. The summed E-state index contributed by atoms with van der Waals surface area (Å²) in [5.74, 6) is -0.514. The van der Waals surface area contributed by atoms with Crippen LogP contribution in [0.3, 0.4) is 0 Å². The molecule has 1 unspecified atom stereocenters. The zero-order chi connectivity index (χ0) is 11.4. The van der Waals surface area contributed by atoms with E-state index in [-0.39, 0.29) is 11.1 Å². The Kier molecular flexibility index (Phi) is 4.15. The maximum atomic E-state index is 13.3. The Morgan fingerprint density at radius 1 is 1.33 bits per heavy atom. The molecule has 1 nitrogen and oxygen atoms in total. The topological polar surface area (TPSA) is 26.0 Å². The molecule has 0 heterocycles. The Morgan fingerprint density at radius 2 is 2.00 bits per heavy atom. The molecule has 0 bridgehead atoms. The van der Waals surface area contributed by atoms with Crippen molar-refractivity contribution in [3.05, 3.63) is 35.1 Å². The minimum atomic E-state index is -2.59. The molecule has 0 spiro atoms. The summed E-state index contributed by atoms with van der Waals surface area (Å²) in [6, 6.07) is 2.78. The number of benzene rings is 1. The summed E-state index contributed by atoms with van der Waals surface area (Å²) in [6.07, 6.45) is -1.21. The van der Waals surface area contributed by atoms with Gasteiger partial charge in [-0.25, -0.2) is 13.2 Å². The maximum Gasteiger partial charge on any atom is 0.263 e. The second-order valence-corrected chi connectivity index (χ2v) is 3.48. The molecule has 0 saturated carbocycles. The summed E-state index contributed by atoms with van der Waals surface area (Å²) in [7, 11) is 0.